The number of aliphatic hydroxyl groups excluding tert-OH is 1. The molecule has 0 aliphatic heterocycles. The lowest BCUT2D eigenvalue weighted by Crippen LogP contribution is -2.59. The van der Waals surface area contributed by atoms with Gasteiger partial charge >= 0.3 is 17.9 Å². The van der Waals surface area contributed by atoms with Gasteiger partial charge in [0.25, 0.3) is 0 Å². The van der Waals surface area contributed by atoms with E-state index in [1.165, 1.54) is 103 Å². The highest BCUT2D eigenvalue weighted by molar-refractivity contribution is 7.80. The van der Waals surface area contributed by atoms with Gasteiger partial charge < -0.3 is 52.4 Å². The fourth-order valence-corrected chi connectivity index (χ4v) is 8.63. The Balaban J connectivity index is 6.02. The number of nitrogens with one attached hydrogen (secondary N) is 2. The van der Waals surface area contributed by atoms with Crippen molar-refractivity contribution in [3.05, 3.63) is 0 Å². The van der Waals surface area contributed by atoms with E-state index in [0.717, 1.165) is 56.3 Å². The molecule has 3 amide bonds. The van der Waals surface area contributed by atoms with Gasteiger partial charge in [-0.2, -0.15) is 12.6 Å². The lowest BCUT2D eigenvalue weighted by Gasteiger charge is -2.34. The van der Waals surface area contributed by atoms with Gasteiger partial charge in [-0.25, -0.2) is 4.79 Å². The number of rotatable bonds is 50. The minimum atomic E-state index is -1.47. The zero-order chi connectivity index (χ0) is 52.0. The number of hydrogen-bond acceptors (Lipinski definition) is 13. The maximum Gasteiger partial charge on any atom is 0.326 e. The first-order valence-electron chi connectivity index (χ1n) is 27.8. The number of carbonyl (C=O) groups excluding carboxylic acids is 5. The zero-order valence-electron chi connectivity index (χ0n) is 44.0. The van der Waals surface area contributed by atoms with Crippen molar-refractivity contribution in [3.8, 4) is 0 Å². The van der Waals surface area contributed by atoms with Gasteiger partial charge in [-0.1, -0.05) is 168 Å². The summed E-state index contributed by atoms with van der Waals surface area (Å²) in [5.74, 6) is -4.80. The number of nitrogens with two attached hydrogens (primary N) is 3. The molecule has 17 heteroatoms. The first-order chi connectivity index (χ1) is 33.9. The minimum Gasteiger partial charge on any atom is -0.480 e. The zero-order valence-corrected chi connectivity index (χ0v) is 44.9. The standard InChI is InChI=1S/C53H102N6O10S/c1-3-5-7-9-11-13-15-17-19-21-23-25-27-35-47(61)68-49(69-48(62)36-28-26-24-22-20-18-16-14-12-10-8-6-4-2)37-40-59(46(53(66)67)34-30-32-39-55)52(65)44(33-29-31-38-54)57-51(64)45(41-60)58-50(63)43(56)42-70/h43-46,49,60,70H,3-42,54-56H2,1-2H3,(H,57,64)(H,58,63)(H,66,67)/t43-,44-,45-,46-/m0/s1. The molecule has 70 heavy (non-hydrogen) atoms. The summed E-state index contributed by atoms with van der Waals surface area (Å²) in [5.41, 5.74) is 17.3. The molecule has 0 fully saturated rings. The Hall–Kier alpha value is -2.99. The molecule has 0 rings (SSSR count). The van der Waals surface area contributed by atoms with Crippen molar-refractivity contribution in [1.82, 2.24) is 15.5 Å². The van der Waals surface area contributed by atoms with Crippen molar-refractivity contribution in [2.24, 2.45) is 17.2 Å². The number of hydrogen-bond donors (Lipinski definition) is 8. The van der Waals surface area contributed by atoms with Crippen LogP contribution in [0.25, 0.3) is 0 Å². The minimum absolute atomic E-state index is 0.0218. The third-order valence-electron chi connectivity index (χ3n) is 12.9. The summed E-state index contributed by atoms with van der Waals surface area (Å²) in [7, 11) is 0. The summed E-state index contributed by atoms with van der Waals surface area (Å²) in [6.45, 7) is 3.94. The number of thiol groups is 1. The predicted molar refractivity (Wildman–Crippen MR) is 283 cm³/mol. The molecule has 0 aliphatic rings. The molecule has 0 aromatic rings. The van der Waals surface area contributed by atoms with Crippen molar-refractivity contribution >= 4 is 48.3 Å². The molecule has 0 aliphatic carbocycles. The van der Waals surface area contributed by atoms with Crippen molar-refractivity contribution in [1.29, 1.82) is 0 Å². The quantitative estimate of drug-likeness (QED) is 0.0123. The summed E-state index contributed by atoms with van der Waals surface area (Å²) in [4.78, 5) is 81.2. The van der Waals surface area contributed by atoms with E-state index in [2.05, 4.69) is 37.1 Å². The van der Waals surface area contributed by atoms with Crippen LogP contribution in [0.4, 0.5) is 0 Å². The maximum atomic E-state index is 14.6. The molecule has 0 saturated heterocycles. The second-order valence-electron chi connectivity index (χ2n) is 19.2. The van der Waals surface area contributed by atoms with Gasteiger partial charge in [0.15, 0.2) is 0 Å². The van der Waals surface area contributed by atoms with Crippen LogP contribution in [0.3, 0.4) is 0 Å². The van der Waals surface area contributed by atoms with Crippen molar-refractivity contribution in [3.63, 3.8) is 0 Å². The number of esters is 2. The summed E-state index contributed by atoms with van der Waals surface area (Å²) in [6.07, 6.45) is 30.3. The number of carboxylic acids is 1. The van der Waals surface area contributed by atoms with Crippen molar-refractivity contribution in [2.75, 3.05) is 32.0 Å². The fraction of sp³-hybridized carbons (Fsp3) is 0.887. The van der Waals surface area contributed by atoms with E-state index >= 15 is 0 Å². The Morgan fingerprint density at radius 2 is 0.914 bits per heavy atom. The Labute approximate surface area is 429 Å². The first kappa shape index (κ1) is 67.0. The van der Waals surface area contributed by atoms with E-state index in [4.69, 9.17) is 26.7 Å². The maximum absolute atomic E-state index is 14.6. The van der Waals surface area contributed by atoms with E-state index < -0.39 is 72.7 Å². The third kappa shape index (κ3) is 36.0. The molecule has 0 saturated carbocycles. The Morgan fingerprint density at radius 1 is 0.529 bits per heavy atom. The van der Waals surface area contributed by atoms with Crippen molar-refractivity contribution < 1.29 is 48.5 Å². The van der Waals surface area contributed by atoms with E-state index in [1.807, 2.05) is 0 Å². The van der Waals surface area contributed by atoms with Gasteiger partial charge in [0.1, 0.15) is 18.1 Å². The van der Waals surface area contributed by atoms with Crippen LogP contribution in [0.5, 0.6) is 0 Å². The molecule has 4 atom stereocenters. The Bertz CT molecular complexity index is 1310. The van der Waals surface area contributed by atoms with Crippen LogP contribution in [0.2, 0.25) is 0 Å². The smallest absolute Gasteiger partial charge is 0.326 e. The Morgan fingerprint density at radius 3 is 1.29 bits per heavy atom. The average molecular weight is 1020 g/mol. The molecule has 0 aromatic carbocycles. The number of carbonyl (C=O) groups is 6. The van der Waals surface area contributed by atoms with E-state index in [0.29, 0.717) is 51.6 Å². The van der Waals surface area contributed by atoms with Crippen LogP contribution in [0.1, 0.15) is 239 Å². The van der Waals surface area contributed by atoms with Gasteiger partial charge in [0, 0.05) is 31.6 Å². The van der Waals surface area contributed by atoms with Crippen LogP contribution in [0.15, 0.2) is 0 Å². The Kier molecular flexibility index (Phi) is 45.0. The molecular weight excluding hydrogens is 913 g/mol. The van der Waals surface area contributed by atoms with E-state index in [1.54, 1.807) is 0 Å². The molecule has 0 bridgehead atoms. The number of carboxylic acid groups (broad SMARTS) is 1. The normalized spacial score (nSPS) is 13.1. The van der Waals surface area contributed by atoms with Gasteiger partial charge in [-0.15, -0.1) is 0 Å². The van der Waals surface area contributed by atoms with Crippen LogP contribution in [-0.2, 0) is 38.2 Å². The number of nitrogens with zero attached hydrogens (tertiary/aromatic N) is 1. The number of ether oxygens (including phenoxy) is 2. The summed E-state index contributed by atoms with van der Waals surface area (Å²) >= 11 is 4.02. The number of aliphatic carboxylic acids is 1. The highest BCUT2D eigenvalue weighted by Gasteiger charge is 2.36. The van der Waals surface area contributed by atoms with E-state index in [-0.39, 0.29) is 44.4 Å². The van der Waals surface area contributed by atoms with Crippen LogP contribution >= 0.6 is 12.6 Å². The summed E-state index contributed by atoms with van der Waals surface area (Å²) < 4.78 is 11.6. The monoisotopic (exact) mass is 1010 g/mol. The highest BCUT2D eigenvalue weighted by Crippen LogP contribution is 2.20. The molecule has 410 valence electrons. The molecular formula is C53H102N6O10S. The largest absolute Gasteiger partial charge is 0.480 e. The molecule has 0 heterocycles. The summed E-state index contributed by atoms with van der Waals surface area (Å²) in [6, 6.07) is -5.20. The first-order valence-corrected chi connectivity index (χ1v) is 28.4. The van der Waals surface area contributed by atoms with Crippen LogP contribution < -0.4 is 27.8 Å². The number of unbranched alkanes of at least 4 members (excludes halogenated alkanes) is 26. The molecule has 0 aromatic heterocycles. The third-order valence-corrected chi connectivity index (χ3v) is 13.3. The predicted octanol–water partition coefficient (Wildman–Crippen LogP) is 8.51. The second-order valence-corrected chi connectivity index (χ2v) is 19.6. The van der Waals surface area contributed by atoms with Crippen molar-refractivity contribution in [2.45, 2.75) is 269 Å². The molecule has 10 N–H and O–H groups in total. The SMILES string of the molecule is CCCCCCCCCCCCCCCC(=O)OC(CCN(C(=O)[C@H](CCCCN)NC(=O)[C@H](CO)NC(=O)[C@@H](N)CS)[C@@H](CCCCN)C(=O)O)OC(=O)CCCCCCCCCCCCCCC. The lowest BCUT2D eigenvalue weighted by atomic mass is 10.0. The van der Waals surface area contributed by atoms with Gasteiger partial charge in [0.05, 0.1) is 12.6 Å². The fourth-order valence-electron chi connectivity index (χ4n) is 8.46. The molecule has 16 nitrogen and oxygen atoms in total. The van der Waals surface area contributed by atoms with Gasteiger partial charge in [0.2, 0.25) is 24.0 Å². The van der Waals surface area contributed by atoms with Crippen LogP contribution in [-0.4, -0.2) is 113 Å². The number of amides is 3. The van der Waals surface area contributed by atoms with Crippen LogP contribution in [0, 0.1) is 0 Å². The average Bonchev–Trinajstić information content (AvgIpc) is 3.34. The topological polar surface area (TPSA) is 267 Å². The second kappa shape index (κ2) is 47.0. The highest BCUT2D eigenvalue weighted by atomic mass is 32.1. The molecule has 0 radical (unpaired) electrons. The van der Waals surface area contributed by atoms with E-state index in [9.17, 15) is 39.0 Å². The summed E-state index contributed by atoms with van der Waals surface area (Å²) in [5, 5.41) is 25.5. The van der Waals surface area contributed by atoms with Gasteiger partial charge in [-0.05, 0) is 64.5 Å². The molecule has 0 spiro atoms. The lowest BCUT2D eigenvalue weighted by molar-refractivity contribution is -0.190. The van der Waals surface area contributed by atoms with Gasteiger partial charge in [-0.3, -0.25) is 24.0 Å². The molecule has 0 unspecified atom stereocenters. The number of aliphatic hydroxyl groups is 1.